The second kappa shape index (κ2) is 52.2. The van der Waals surface area contributed by atoms with Gasteiger partial charge in [-0.05, 0) is 83.5 Å². The fourth-order valence-corrected chi connectivity index (χ4v) is 7.83. The van der Waals surface area contributed by atoms with Gasteiger partial charge in [0.25, 0.3) is 0 Å². The van der Waals surface area contributed by atoms with E-state index in [2.05, 4.69) is 61.7 Å². The first-order valence-corrected chi connectivity index (χ1v) is 27.1. The molecule has 0 spiro atoms. The van der Waals surface area contributed by atoms with E-state index in [4.69, 9.17) is 4.74 Å². The number of hydrogen-bond acceptors (Lipinski definition) is 5. The predicted molar refractivity (Wildman–Crippen MR) is 273 cm³/mol. The van der Waals surface area contributed by atoms with E-state index in [9.17, 15) is 19.8 Å². The van der Waals surface area contributed by atoms with Crippen LogP contribution in [0.1, 0.15) is 264 Å². The average Bonchev–Trinajstić information content (AvgIpc) is 3.28. The molecule has 366 valence electrons. The molecule has 0 rings (SSSR count). The van der Waals surface area contributed by atoms with Gasteiger partial charge in [0.05, 0.1) is 25.4 Å². The number of esters is 1. The molecule has 0 aromatic rings. The van der Waals surface area contributed by atoms with Crippen LogP contribution in [0.4, 0.5) is 0 Å². The van der Waals surface area contributed by atoms with E-state index in [1.165, 1.54) is 173 Å². The molecular weight excluding hydrogens is 779 g/mol. The van der Waals surface area contributed by atoms with Gasteiger partial charge in [-0.25, -0.2) is 0 Å². The van der Waals surface area contributed by atoms with Crippen molar-refractivity contribution in [3.05, 3.63) is 60.8 Å². The van der Waals surface area contributed by atoms with Gasteiger partial charge in [0, 0.05) is 12.8 Å². The number of aliphatic hydroxyl groups is 2. The van der Waals surface area contributed by atoms with Crippen LogP contribution >= 0.6 is 0 Å². The molecule has 0 aliphatic carbocycles. The van der Waals surface area contributed by atoms with Crippen LogP contribution < -0.4 is 5.32 Å². The monoisotopic (exact) mass is 882 g/mol. The summed E-state index contributed by atoms with van der Waals surface area (Å²) >= 11 is 0. The minimum Gasteiger partial charge on any atom is -0.466 e. The molecule has 0 aliphatic heterocycles. The molecule has 0 fully saturated rings. The summed E-state index contributed by atoms with van der Waals surface area (Å²) in [6, 6.07) is -0.673. The van der Waals surface area contributed by atoms with Gasteiger partial charge in [0.15, 0.2) is 0 Å². The van der Waals surface area contributed by atoms with Crippen molar-refractivity contribution in [2.24, 2.45) is 0 Å². The largest absolute Gasteiger partial charge is 0.466 e. The standard InChI is InChI=1S/C57H103NO5/c1-3-5-7-9-11-13-15-17-19-21-23-27-31-35-39-43-47-51-57(62)63-52-48-44-40-36-32-28-24-26-30-34-38-42-46-50-56(61)58-54(53-59)55(60)49-45-41-37-33-29-25-22-20-18-16-14-12-10-8-6-4-2/h11,13,17,19,26,30,38,42,45,49,54-55,59-60H,3-10,12,14-16,18,20-25,27-29,31-37,39-41,43-44,46-48,50-53H2,1-2H3,(H,58,61)/b13-11-,19-17-,30-26-,42-38-,49-45+. The Balaban J connectivity index is 3.59. The zero-order chi connectivity index (χ0) is 45.8. The van der Waals surface area contributed by atoms with Gasteiger partial charge < -0.3 is 20.3 Å². The van der Waals surface area contributed by atoms with Crippen LogP contribution in [0, 0.1) is 0 Å². The smallest absolute Gasteiger partial charge is 0.305 e. The van der Waals surface area contributed by atoms with Crippen molar-refractivity contribution < 1.29 is 24.5 Å². The number of allylic oxidation sites excluding steroid dienone is 9. The first-order chi connectivity index (χ1) is 31.0. The van der Waals surface area contributed by atoms with Crippen LogP contribution in [0.5, 0.6) is 0 Å². The highest BCUT2D eigenvalue weighted by Gasteiger charge is 2.17. The van der Waals surface area contributed by atoms with Crippen LogP contribution in [0.15, 0.2) is 60.8 Å². The maximum atomic E-state index is 12.4. The number of hydrogen-bond donors (Lipinski definition) is 3. The van der Waals surface area contributed by atoms with E-state index < -0.39 is 12.1 Å². The van der Waals surface area contributed by atoms with Gasteiger partial charge in [-0.15, -0.1) is 0 Å². The highest BCUT2D eigenvalue weighted by Crippen LogP contribution is 2.15. The molecule has 6 heteroatoms. The average molecular weight is 882 g/mol. The first kappa shape index (κ1) is 60.6. The van der Waals surface area contributed by atoms with Gasteiger partial charge in [-0.3, -0.25) is 9.59 Å². The summed E-state index contributed by atoms with van der Waals surface area (Å²) in [5.41, 5.74) is 0. The van der Waals surface area contributed by atoms with E-state index in [-0.39, 0.29) is 18.5 Å². The Bertz CT molecular complexity index is 1110. The van der Waals surface area contributed by atoms with E-state index in [0.717, 1.165) is 57.8 Å². The number of nitrogens with one attached hydrogen (secondary N) is 1. The molecule has 0 saturated carbocycles. The van der Waals surface area contributed by atoms with Crippen molar-refractivity contribution in [1.29, 1.82) is 0 Å². The number of ether oxygens (including phenoxy) is 1. The van der Waals surface area contributed by atoms with E-state index in [1.807, 2.05) is 12.2 Å². The summed E-state index contributed by atoms with van der Waals surface area (Å²) in [7, 11) is 0. The fraction of sp³-hybridized carbons (Fsp3) is 0.789. The highest BCUT2D eigenvalue weighted by molar-refractivity contribution is 5.76. The molecule has 0 aliphatic rings. The number of carbonyl (C=O) groups is 2. The van der Waals surface area contributed by atoms with E-state index in [0.29, 0.717) is 25.9 Å². The maximum absolute atomic E-state index is 12.4. The molecule has 3 N–H and O–H groups in total. The van der Waals surface area contributed by atoms with Gasteiger partial charge in [-0.1, -0.05) is 229 Å². The van der Waals surface area contributed by atoms with Gasteiger partial charge >= 0.3 is 5.97 Å². The van der Waals surface area contributed by atoms with Crippen LogP contribution in [0.25, 0.3) is 0 Å². The molecule has 63 heavy (non-hydrogen) atoms. The van der Waals surface area contributed by atoms with E-state index >= 15 is 0 Å². The molecule has 6 nitrogen and oxygen atoms in total. The molecule has 0 aromatic heterocycles. The lowest BCUT2D eigenvalue weighted by Gasteiger charge is -2.19. The van der Waals surface area contributed by atoms with Gasteiger partial charge in [0.2, 0.25) is 5.91 Å². The molecule has 0 aromatic carbocycles. The van der Waals surface area contributed by atoms with Crippen LogP contribution in [-0.2, 0) is 14.3 Å². The molecule has 0 heterocycles. The zero-order valence-electron chi connectivity index (χ0n) is 41.5. The third kappa shape index (κ3) is 48.8. The van der Waals surface area contributed by atoms with Crippen molar-refractivity contribution in [3.63, 3.8) is 0 Å². The van der Waals surface area contributed by atoms with E-state index in [1.54, 1.807) is 6.08 Å². The predicted octanol–water partition coefficient (Wildman–Crippen LogP) is 16.4. The molecule has 0 bridgehead atoms. The molecular formula is C57H103NO5. The lowest BCUT2D eigenvalue weighted by atomic mass is 10.0. The third-order valence-corrected chi connectivity index (χ3v) is 12.0. The Morgan fingerprint density at radius 1 is 0.444 bits per heavy atom. The maximum Gasteiger partial charge on any atom is 0.305 e. The summed E-state index contributed by atoms with van der Waals surface area (Å²) < 4.78 is 5.46. The van der Waals surface area contributed by atoms with Crippen LogP contribution in [0.2, 0.25) is 0 Å². The molecule has 2 unspecified atom stereocenters. The minimum absolute atomic E-state index is 0.0271. The summed E-state index contributed by atoms with van der Waals surface area (Å²) in [4.78, 5) is 24.5. The molecule has 0 radical (unpaired) electrons. The normalized spacial score (nSPS) is 13.1. The number of carbonyl (C=O) groups excluding carboxylic acids is 2. The summed E-state index contributed by atoms with van der Waals surface area (Å²) in [6.07, 6.45) is 66.6. The third-order valence-electron chi connectivity index (χ3n) is 12.0. The van der Waals surface area contributed by atoms with Crippen molar-refractivity contribution in [3.8, 4) is 0 Å². The minimum atomic E-state index is -0.881. The number of aliphatic hydroxyl groups excluding tert-OH is 2. The van der Waals surface area contributed by atoms with Gasteiger partial charge in [0.1, 0.15) is 0 Å². The van der Waals surface area contributed by atoms with Crippen molar-refractivity contribution in [1.82, 2.24) is 5.32 Å². The topological polar surface area (TPSA) is 95.9 Å². The Hall–Kier alpha value is -2.44. The number of unbranched alkanes of at least 4 members (excludes halogenated alkanes) is 30. The van der Waals surface area contributed by atoms with Crippen molar-refractivity contribution >= 4 is 11.9 Å². The molecule has 1 amide bonds. The first-order valence-electron chi connectivity index (χ1n) is 27.1. The summed E-state index contributed by atoms with van der Waals surface area (Å²) in [6.45, 7) is 4.80. The highest BCUT2D eigenvalue weighted by atomic mass is 16.5. The quantitative estimate of drug-likeness (QED) is 0.0321. The van der Waals surface area contributed by atoms with Crippen LogP contribution in [0.3, 0.4) is 0 Å². The Kier molecular flexibility index (Phi) is 50.2. The fourth-order valence-electron chi connectivity index (χ4n) is 7.83. The van der Waals surface area contributed by atoms with Crippen molar-refractivity contribution in [2.45, 2.75) is 276 Å². The lowest BCUT2D eigenvalue weighted by Crippen LogP contribution is -2.45. The second-order valence-electron chi connectivity index (χ2n) is 18.2. The van der Waals surface area contributed by atoms with Crippen LogP contribution in [-0.4, -0.2) is 47.4 Å². The molecule has 2 atom stereocenters. The summed E-state index contributed by atoms with van der Waals surface area (Å²) in [5.74, 6) is -0.177. The number of amides is 1. The lowest BCUT2D eigenvalue weighted by molar-refractivity contribution is -0.143. The zero-order valence-corrected chi connectivity index (χ0v) is 41.5. The Morgan fingerprint density at radius 3 is 1.27 bits per heavy atom. The van der Waals surface area contributed by atoms with Crippen molar-refractivity contribution in [2.75, 3.05) is 13.2 Å². The number of rotatable bonds is 49. The Morgan fingerprint density at radius 2 is 0.810 bits per heavy atom. The second-order valence-corrected chi connectivity index (χ2v) is 18.2. The SMILES string of the molecule is CCCCC/C=C\C/C=C\CCCCCCCCCC(=O)OCCCCCCCC/C=C\C/C=C\CCC(=O)NC(CO)C(O)/C=C/CCCCCCCCCCCCCCCC. The van der Waals surface area contributed by atoms with Gasteiger partial charge in [-0.2, -0.15) is 0 Å². The molecule has 0 saturated heterocycles. The summed E-state index contributed by atoms with van der Waals surface area (Å²) in [5, 5.41) is 23.0. The Labute approximate surface area is 390 Å².